The van der Waals surface area contributed by atoms with E-state index < -0.39 is 10.0 Å². The third-order valence-electron chi connectivity index (χ3n) is 4.57. The summed E-state index contributed by atoms with van der Waals surface area (Å²) >= 11 is 0. The van der Waals surface area contributed by atoms with Gasteiger partial charge in [0.25, 0.3) is 0 Å². The molecule has 3 rings (SSSR count). The van der Waals surface area contributed by atoms with E-state index in [0.29, 0.717) is 19.0 Å². The fourth-order valence-corrected chi connectivity index (χ4v) is 5.27. The van der Waals surface area contributed by atoms with Gasteiger partial charge in [-0.15, -0.1) is 0 Å². The maximum atomic E-state index is 12.7. The van der Waals surface area contributed by atoms with Gasteiger partial charge in [-0.3, -0.25) is 4.98 Å². The van der Waals surface area contributed by atoms with Crippen LogP contribution in [0.5, 0.6) is 0 Å². The van der Waals surface area contributed by atoms with E-state index in [1.807, 2.05) is 12.1 Å². The average Bonchev–Trinajstić information content (AvgIpc) is 3.16. The minimum absolute atomic E-state index is 0.162. The highest BCUT2D eigenvalue weighted by Gasteiger charge is 2.39. The van der Waals surface area contributed by atoms with Crippen LogP contribution in [0.15, 0.2) is 24.5 Å². The number of rotatable bonds is 5. The molecule has 1 aromatic rings. The highest BCUT2D eigenvalue weighted by molar-refractivity contribution is 7.89. The van der Waals surface area contributed by atoms with Gasteiger partial charge in [0.05, 0.1) is 5.75 Å². The van der Waals surface area contributed by atoms with E-state index in [4.69, 9.17) is 0 Å². The summed E-state index contributed by atoms with van der Waals surface area (Å²) in [7, 11) is -3.17. The highest BCUT2D eigenvalue weighted by Crippen LogP contribution is 2.27. The van der Waals surface area contributed by atoms with E-state index in [9.17, 15) is 8.42 Å². The first-order chi connectivity index (χ1) is 10.2. The van der Waals surface area contributed by atoms with E-state index in [1.54, 1.807) is 16.7 Å². The number of hydrogen-bond donors (Lipinski definition) is 1. The van der Waals surface area contributed by atoms with E-state index in [0.717, 1.165) is 37.8 Å². The SMILES string of the molecule is O=S(=O)(CCc1ccncc1)N1CCCC1C1CCCN1. The van der Waals surface area contributed by atoms with Crippen molar-refractivity contribution < 1.29 is 8.42 Å². The van der Waals surface area contributed by atoms with Gasteiger partial charge in [-0.2, -0.15) is 4.31 Å². The molecule has 2 saturated heterocycles. The highest BCUT2D eigenvalue weighted by atomic mass is 32.2. The van der Waals surface area contributed by atoms with Crippen LogP contribution in [0.3, 0.4) is 0 Å². The van der Waals surface area contributed by atoms with Crippen LogP contribution < -0.4 is 5.32 Å². The molecule has 2 unspecified atom stereocenters. The van der Waals surface area contributed by atoms with Gasteiger partial charge in [-0.25, -0.2) is 8.42 Å². The molecule has 21 heavy (non-hydrogen) atoms. The van der Waals surface area contributed by atoms with Crippen molar-refractivity contribution in [3.63, 3.8) is 0 Å². The standard InChI is InChI=1S/C15H23N3O2S/c19-21(20,12-7-13-5-9-16-10-6-13)18-11-2-4-15(18)14-3-1-8-17-14/h5-6,9-10,14-15,17H,1-4,7-8,11-12H2. The summed E-state index contributed by atoms with van der Waals surface area (Å²) in [4.78, 5) is 3.96. The largest absolute Gasteiger partial charge is 0.312 e. The van der Waals surface area contributed by atoms with Crippen molar-refractivity contribution in [2.75, 3.05) is 18.8 Å². The molecule has 1 N–H and O–H groups in total. The number of aromatic nitrogens is 1. The van der Waals surface area contributed by atoms with Gasteiger partial charge in [0.1, 0.15) is 0 Å². The number of nitrogens with zero attached hydrogens (tertiary/aromatic N) is 2. The van der Waals surface area contributed by atoms with E-state index >= 15 is 0 Å². The third kappa shape index (κ3) is 3.44. The quantitative estimate of drug-likeness (QED) is 0.887. The van der Waals surface area contributed by atoms with Crippen molar-refractivity contribution >= 4 is 10.0 Å². The maximum absolute atomic E-state index is 12.7. The molecule has 0 spiro atoms. The summed E-state index contributed by atoms with van der Waals surface area (Å²) in [5.41, 5.74) is 1.03. The monoisotopic (exact) mass is 309 g/mol. The Balaban J connectivity index is 1.65. The first-order valence-corrected chi connectivity index (χ1v) is 9.39. The lowest BCUT2D eigenvalue weighted by Gasteiger charge is -2.28. The molecule has 2 atom stereocenters. The Hall–Kier alpha value is -0.980. The predicted molar refractivity (Wildman–Crippen MR) is 82.5 cm³/mol. The van der Waals surface area contributed by atoms with E-state index in [-0.39, 0.29) is 11.8 Å². The Morgan fingerprint density at radius 2 is 2.05 bits per heavy atom. The van der Waals surface area contributed by atoms with Crippen LogP contribution >= 0.6 is 0 Å². The third-order valence-corrected chi connectivity index (χ3v) is 6.45. The Kier molecular flexibility index (Phi) is 4.57. The fraction of sp³-hybridized carbons (Fsp3) is 0.667. The molecule has 0 radical (unpaired) electrons. The second kappa shape index (κ2) is 6.42. The minimum atomic E-state index is -3.17. The normalized spacial score (nSPS) is 27.2. The van der Waals surface area contributed by atoms with Crippen molar-refractivity contribution in [1.29, 1.82) is 0 Å². The van der Waals surface area contributed by atoms with Crippen LogP contribution in [0.25, 0.3) is 0 Å². The Morgan fingerprint density at radius 1 is 1.24 bits per heavy atom. The molecule has 116 valence electrons. The van der Waals surface area contributed by atoms with Gasteiger partial charge in [-0.1, -0.05) is 0 Å². The molecule has 2 aliphatic heterocycles. The topological polar surface area (TPSA) is 62.3 Å². The summed E-state index contributed by atoms with van der Waals surface area (Å²) in [6.45, 7) is 1.70. The summed E-state index contributed by atoms with van der Waals surface area (Å²) in [6.07, 6.45) is 8.22. The zero-order valence-electron chi connectivity index (χ0n) is 12.2. The van der Waals surface area contributed by atoms with Crippen molar-refractivity contribution in [3.05, 3.63) is 30.1 Å². The molecule has 0 aliphatic carbocycles. The molecule has 0 saturated carbocycles. The van der Waals surface area contributed by atoms with Crippen LogP contribution in [-0.2, 0) is 16.4 Å². The van der Waals surface area contributed by atoms with E-state index in [2.05, 4.69) is 10.3 Å². The molecular formula is C15H23N3O2S. The smallest absolute Gasteiger partial charge is 0.214 e. The molecule has 0 bridgehead atoms. The summed E-state index contributed by atoms with van der Waals surface area (Å²) < 4.78 is 27.1. The van der Waals surface area contributed by atoms with Crippen molar-refractivity contribution in [1.82, 2.24) is 14.6 Å². The first-order valence-electron chi connectivity index (χ1n) is 7.79. The van der Waals surface area contributed by atoms with Crippen LogP contribution in [0.4, 0.5) is 0 Å². The number of nitrogens with one attached hydrogen (secondary N) is 1. The molecular weight excluding hydrogens is 286 g/mol. The average molecular weight is 309 g/mol. The molecule has 0 amide bonds. The Morgan fingerprint density at radius 3 is 2.76 bits per heavy atom. The number of pyridine rings is 1. The lowest BCUT2D eigenvalue weighted by molar-refractivity contribution is 0.322. The minimum Gasteiger partial charge on any atom is -0.312 e. The Bertz CT molecular complexity index is 556. The maximum Gasteiger partial charge on any atom is 0.214 e. The van der Waals surface area contributed by atoms with Crippen LogP contribution in [0.1, 0.15) is 31.2 Å². The zero-order valence-corrected chi connectivity index (χ0v) is 13.1. The lowest BCUT2D eigenvalue weighted by atomic mass is 10.1. The van der Waals surface area contributed by atoms with Gasteiger partial charge in [-0.05, 0) is 56.3 Å². The summed E-state index contributed by atoms with van der Waals surface area (Å²) in [5, 5.41) is 3.46. The van der Waals surface area contributed by atoms with Crippen LogP contribution in [-0.4, -0.2) is 48.6 Å². The van der Waals surface area contributed by atoms with E-state index in [1.165, 1.54) is 0 Å². The van der Waals surface area contributed by atoms with Crippen LogP contribution in [0, 0.1) is 0 Å². The summed E-state index contributed by atoms with van der Waals surface area (Å²) in [5.74, 6) is 0.195. The molecule has 2 aliphatic rings. The van der Waals surface area contributed by atoms with Gasteiger partial charge < -0.3 is 5.32 Å². The van der Waals surface area contributed by atoms with Crippen molar-refractivity contribution in [3.8, 4) is 0 Å². The molecule has 5 nitrogen and oxygen atoms in total. The van der Waals surface area contributed by atoms with Gasteiger partial charge in [0, 0.05) is 31.0 Å². The van der Waals surface area contributed by atoms with Crippen molar-refractivity contribution in [2.24, 2.45) is 0 Å². The lowest BCUT2D eigenvalue weighted by Crippen LogP contribution is -2.47. The molecule has 1 aromatic heterocycles. The second-order valence-electron chi connectivity index (χ2n) is 5.94. The van der Waals surface area contributed by atoms with Crippen molar-refractivity contribution in [2.45, 2.75) is 44.2 Å². The Labute approximate surface area is 126 Å². The molecule has 0 aromatic carbocycles. The molecule has 2 fully saturated rings. The second-order valence-corrected chi connectivity index (χ2v) is 7.99. The number of hydrogen-bond acceptors (Lipinski definition) is 4. The number of aryl methyl sites for hydroxylation is 1. The number of sulfonamides is 1. The fourth-order valence-electron chi connectivity index (χ4n) is 3.47. The van der Waals surface area contributed by atoms with Gasteiger partial charge in [0.15, 0.2) is 0 Å². The zero-order chi connectivity index (χ0) is 14.7. The summed E-state index contributed by atoms with van der Waals surface area (Å²) in [6, 6.07) is 4.28. The van der Waals surface area contributed by atoms with Crippen LogP contribution in [0.2, 0.25) is 0 Å². The predicted octanol–water partition coefficient (Wildman–Crippen LogP) is 1.17. The van der Waals surface area contributed by atoms with Gasteiger partial charge >= 0.3 is 0 Å². The molecule has 6 heteroatoms. The molecule has 3 heterocycles. The first kappa shape index (κ1) is 14.9. The van der Waals surface area contributed by atoms with Gasteiger partial charge in [0.2, 0.25) is 10.0 Å².